The number of aromatic nitrogens is 1. The summed E-state index contributed by atoms with van der Waals surface area (Å²) >= 11 is 7.33. The number of piperidine rings is 2. The second kappa shape index (κ2) is 8.55. The first-order valence-corrected chi connectivity index (χ1v) is 10.4. The summed E-state index contributed by atoms with van der Waals surface area (Å²) in [7, 11) is 4.08. The molecule has 2 aliphatic rings. The van der Waals surface area contributed by atoms with Crippen LogP contribution in [0.3, 0.4) is 0 Å². The third kappa shape index (κ3) is 4.13. The Morgan fingerprint density at radius 3 is 2.96 bits per heavy atom. The maximum absolute atomic E-state index is 12.7. The Labute approximate surface area is 164 Å². The van der Waals surface area contributed by atoms with E-state index in [1.54, 1.807) is 0 Å². The highest BCUT2D eigenvalue weighted by Gasteiger charge is 2.38. The van der Waals surface area contributed by atoms with E-state index in [1.165, 1.54) is 11.5 Å². The van der Waals surface area contributed by atoms with Gasteiger partial charge in [0.25, 0.3) is 0 Å². The van der Waals surface area contributed by atoms with Crippen molar-refractivity contribution in [2.45, 2.75) is 38.1 Å². The van der Waals surface area contributed by atoms with Gasteiger partial charge < -0.3 is 14.7 Å². The molecular formula is C18H26ClN5OS. The summed E-state index contributed by atoms with van der Waals surface area (Å²) in [4.78, 5) is 19.2. The summed E-state index contributed by atoms with van der Waals surface area (Å²) in [6, 6.07) is 2.51. The molecule has 1 aromatic heterocycles. The molecule has 2 aliphatic heterocycles. The summed E-state index contributed by atoms with van der Waals surface area (Å²) in [5.74, 6) is 0.760. The number of likely N-dealkylation sites (tertiary alicyclic amines) is 1. The van der Waals surface area contributed by atoms with E-state index in [-0.39, 0.29) is 0 Å². The minimum Gasteiger partial charge on any atom is -0.361 e. The summed E-state index contributed by atoms with van der Waals surface area (Å²) in [5.41, 5.74) is 0.488. The van der Waals surface area contributed by atoms with Gasteiger partial charge in [-0.2, -0.15) is 9.64 Å². The largest absolute Gasteiger partial charge is 0.361 e. The highest BCUT2D eigenvalue weighted by Crippen LogP contribution is 2.37. The maximum atomic E-state index is 12.7. The minimum atomic E-state index is 0.300. The van der Waals surface area contributed by atoms with Crippen molar-refractivity contribution in [2.75, 3.05) is 45.2 Å². The van der Waals surface area contributed by atoms with Crippen molar-refractivity contribution in [3.63, 3.8) is 0 Å². The van der Waals surface area contributed by atoms with Gasteiger partial charge in [-0.3, -0.25) is 4.79 Å². The van der Waals surface area contributed by atoms with Crippen LogP contribution in [0.25, 0.3) is 0 Å². The fourth-order valence-corrected chi connectivity index (χ4v) is 5.22. The van der Waals surface area contributed by atoms with Crippen LogP contribution in [0.2, 0.25) is 5.15 Å². The Kier molecular flexibility index (Phi) is 6.38. The lowest BCUT2D eigenvalue weighted by molar-refractivity contribution is -0.137. The first-order chi connectivity index (χ1) is 12.5. The second-order valence-electron chi connectivity index (χ2n) is 7.46. The molecule has 2 fully saturated rings. The average molecular weight is 396 g/mol. The molecular weight excluding hydrogens is 370 g/mol. The van der Waals surface area contributed by atoms with E-state index in [4.69, 9.17) is 11.6 Å². The highest BCUT2D eigenvalue weighted by atomic mass is 35.5. The topological polar surface area (TPSA) is 63.5 Å². The molecule has 0 aromatic carbocycles. The van der Waals surface area contributed by atoms with E-state index in [1.807, 2.05) is 14.1 Å². The molecule has 0 saturated carbocycles. The van der Waals surface area contributed by atoms with E-state index in [2.05, 4.69) is 25.1 Å². The van der Waals surface area contributed by atoms with E-state index in [9.17, 15) is 10.1 Å². The third-order valence-corrected chi connectivity index (χ3v) is 6.70. The zero-order valence-electron chi connectivity index (χ0n) is 15.4. The van der Waals surface area contributed by atoms with Crippen molar-refractivity contribution in [1.82, 2.24) is 14.2 Å². The van der Waals surface area contributed by atoms with Gasteiger partial charge >= 0.3 is 0 Å². The smallest absolute Gasteiger partial charge is 0.222 e. The van der Waals surface area contributed by atoms with Crippen molar-refractivity contribution in [3.05, 3.63) is 10.7 Å². The zero-order chi connectivity index (χ0) is 18.7. The summed E-state index contributed by atoms with van der Waals surface area (Å²) in [6.07, 6.45) is 4.69. The van der Waals surface area contributed by atoms with Crippen LogP contribution in [0.1, 0.15) is 37.7 Å². The number of halogens is 1. The standard InChI is InChI=1S/C18H26ClN5OS/c1-22(2)8-4-6-16(25)24-9-3-5-13-12-23(10-7-15(13)24)18-14(11-20)17(19)21-26-18/h13,15H,3-10,12H2,1-2H3. The van der Waals surface area contributed by atoms with Crippen molar-refractivity contribution in [1.29, 1.82) is 5.26 Å². The van der Waals surface area contributed by atoms with Crippen LogP contribution >= 0.6 is 23.1 Å². The Morgan fingerprint density at radius 1 is 1.42 bits per heavy atom. The van der Waals surface area contributed by atoms with E-state index < -0.39 is 0 Å². The minimum absolute atomic E-state index is 0.300. The van der Waals surface area contributed by atoms with Crippen LogP contribution in [0.15, 0.2) is 0 Å². The predicted octanol–water partition coefficient (Wildman–Crippen LogP) is 2.83. The highest BCUT2D eigenvalue weighted by molar-refractivity contribution is 7.10. The van der Waals surface area contributed by atoms with Crippen LogP contribution in [-0.2, 0) is 4.79 Å². The number of carbonyl (C=O) groups excluding carboxylic acids is 1. The number of rotatable bonds is 5. The van der Waals surface area contributed by atoms with Gasteiger partial charge in [0.15, 0.2) is 5.15 Å². The van der Waals surface area contributed by atoms with Gasteiger partial charge in [-0.15, -0.1) is 0 Å². The fourth-order valence-electron chi connectivity index (χ4n) is 4.16. The van der Waals surface area contributed by atoms with Crippen LogP contribution in [-0.4, -0.2) is 66.4 Å². The fraction of sp³-hybridized carbons (Fsp3) is 0.722. The lowest BCUT2D eigenvalue weighted by Gasteiger charge is -2.47. The predicted molar refractivity (Wildman–Crippen MR) is 105 cm³/mol. The molecule has 2 saturated heterocycles. The van der Waals surface area contributed by atoms with Gasteiger partial charge in [0.2, 0.25) is 5.91 Å². The van der Waals surface area contributed by atoms with Gasteiger partial charge in [0.1, 0.15) is 16.6 Å². The molecule has 2 atom stereocenters. The second-order valence-corrected chi connectivity index (χ2v) is 8.57. The molecule has 26 heavy (non-hydrogen) atoms. The number of hydrogen-bond acceptors (Lipinski definition) is 6. The Morgan fingerprint density at radius 2 is 2.23 bits per heavy atom. The van der Waals surface area contributed by atoms with Crippen LogP contribution in [0, 0.1) is 17.2 Å². The number of carbonyl (C=O) groups is 1. The van der Waals surface area contributed by atoms with E-state index in [0.717, 1.165) is 56.9 Å². The Hall–Kier alpha value is -1.36. The number of amides is 1. The number of anilines is 1. The van der Waals surface area contributed by atoms with Gasteiger partial charge in [-0.05, 0) is 63.8 Å². The summed E-state index contributed by atoms with van der Waals surface area (Å²) in [6.45, 7) is 3.55. The molecule has 6 nitrogen and oxygen atoms in total. The van der Waals surface area contributed by atoms with Crippen LogP contribution in [0.5, 0.6) is 0 Å². The van der Waals surface area contributed by atoms with Gasteiger partial charge in [-0.25, -0.2) is 0 Å². The SMILES string of the molecule is CN(C)CCCC(=O)N1CCCC2CN(c3snc(Cl)c3C#N)CCC21. The normalized spacial score (nSPS) is 23.0. The number of nitriles is 1. The molecule has 0 radical (unpaired) electrons. The first kappa shape index (κ1) is 19.4. The summed E-state index contributed by atoms with van der Waals surface area (Å²) < 4.78 is 4.13. The first-order valence-electron chi connectivity index (χ1n) is 9.25. The molecule has 3 heterocycles. The molecule has 8 heteroatoms. The van der Waals surface area contributed by atoms with E-state index >= 15 is 0 Å². The third-order valence-electron chi connectivity index (χ3n) is 5.42. The lowest BCUT2D eigenvalue weighted by atomic mass is 9.83. The molecule has 142 valence electrons. The molecule has 0 N–H and O–H groups in total. The lowest BCUT2D eigenvalue weighted by Crippen LogP contribution is -2.55. The molecule has 1 amide bonds. The molecule has 0 spiro atoms. The number of hydrogen-bond donors (Lipinski definition) is 0. The molecule has 3 rings (SSSR count). The van der Waals surface area contributed by atoms with Gasteiger partial charge in [-0.1, -0.05) is 11.6 Å². The van der Waals surface area contributed by atoms with Crippen LogP contribution in [0.4, 0.5) is 5.00 Å². The zero-order valence-corrected chi connectivity index (χ0v) is 17.0. The molecule has 1 aromatic rings. The molecule has 0 aliphatic carbocycles. The van der Waals surface area contributed by atoms with Gasteiger partial charge in [0, 0.05) is 32.1 Å². The number of nitrogens with zero attached hydrogens (tertiary/aromatic N) is 5. The van der Waals surface area contributed by atoms with Gasteiger partial charge in [0.05, 0.1) is 0 Å². The van der Waals surface area contributed by atoms with E-state index in [0.29, 0.717) is 35.0 Å². The quantitative estimate of drug-likeness (QED) is 0.767. The Balaban J connectivity index is 1.63. The van der Waals surface area contributed by atoms with Crippen molar-refractivity contribution >= 4 is 34.0 Å². The summed E-state index contributed by atoms with van der Waals surface area (Å²) in [5, 5.41) is 10.5. The van der Waals surface area contributed by atoms with Crippen LogP contribution < -0.4 is 4.90 Å². The monoisotopic (exact) mass is 395 g/mol. The van der Waals surface area contributed by atoms with Crippen molar-refractivity contribution in [2.24, 2.45) is 5.92 Å². The van der Waals surface area contributed by atoms with Crippen molar-refractivity contribution in [3.8, 4) is 6.07 Å². The average Bonchev–Trinajstić information content (AvgIpc) is 3.00. The number of fused-ring (bicyclic) bond motifs is 1. The Bertz CT molecular complexity index is 686. The maximum Gasteiger partial charge on any atom is 0.222 e. The molecule has 0 bridgehead atoms. The molecule has 2 unspecified atom stereocenters. The van der Waals surface area contributed by atoms with Crippen molar-refractivity contribution < 1.29 is 4.79 Å².